The molecule has 0 saturated heterocycles. The maximum Gasteiger partial charge on any atom is 4.00 e. The minimum absolute atomic E-state index is 0. The van der Waals surface area contributed by atoms with E-state index in [1.165, 1.54) is 0 Å². The molecule has 8 nitrogen and oxygen atoms in total. The Bertz CT molecular complexity index is 172. The Labute approximate surface area is 85.1 Å². The molecule has 0 amide bonds. The second-order valence-electron chi connectivity index (χ2n) is 1.15. The van der Waals surface area contributed by atoms with Crippen LogP contribution in [0.5, 0.6) is 0 Å². The molecule has 0 fully saturated rings. The summed E-state index contributed by atoms with van der Waals surface area (Å²) in [5, 5.41) is 35.7. The van der Waals surface area contributed by atoms with Crippen molar-refractivity contribution in [1.29, 1.82) is 0 Å². The summed E-state index contributed by atoms with van der Waals surface area (Å²) < 4.78 is 0. The predicted molar refractivity (Wildman–Crippen MR) is 20.0 cm³/mol. The molecule has 0 atom stereocenters. The van der Waals surface area contributed by atoms with Gasteiger partial charge in [0.05, 0.1) is 23.9 Å². The van der Waals surface area contributed by atoms with Crippen LogP contribution in [0, 0.1) is 0 Å². The van der Waals surface area contributed by atoms with E-state index in [-0.39, 0.29) is 21.1 Å². The third-order valence-corrected chi connectivity index (χ3v) is 0.333. The first kappa shape index (κ1) is 17.6. The monoisotopic (exact) mass is 274 g/mol. The van der Waals surface area contributed by atoms with Crippen LogP contribution in [0.1, 0.15) is 0 Å². The fraction of sp³-hybridized carbons (Fsp3) is 0. The molecule has 0 aromatic carbocycles. The number of carboxylic acid groups (broad SMARTS) is 4. The van der Waals surface area contributed by atoms with Gasteiger partial charge < -0.3 is 39.6 Å². The van der Waals surface area contributed by atoms with Gasteiger partial charge >= 0.3 is 21.1 Å². The van der Waals surface area contributed by atoms with Crippen LogP contribution in [-0.4, -0.2) is 23.9 Å². The van der Waals surface area contributed by atoms with Crippen LogP contribution in [0.25, 0.3) is 0 Å². The molecular weight excluding hydrogens is 272 g/mol. The molecule has 0 saturated carbocycles. The van der Waals surface area contributed by atoms with Crippen LogP contribution in [0.4, 0.5) is 0 Å². The van der Waals surface area contributed by atoms with Crippen LogP contribution in [-0.2, 0) is 40.2 Å². The Kier molecular flexibility index (Phi) is 11.7. The van der Waals surface area contributed by atoms with Gasteiger partial charge in [-0.15, -0.1) is 0 Å². The van der Waals surface area contributed by atoms with Gasteiger partial charge in [0.1, 0.15) is 0 Å². The van der Waals surface area contributed by atoms with E-state index in [2.05, 4.69) is 0 Å². The molecular formula is C4MoO8. The Morgan fingerprint density at radius 1 is 0.538 bits per heavy atom. The van der Waals surface area contributed by atoms with E-state index in [9.17, 15) is 0 Å². The zero-order valence-electron chi connectivity index (χ0n) is 5.67. The first-order valence-electron chi connectivity index (χ1n) is 2.13. The summed E-state index contributed by atoms with van der Waals surface area (Å²) in [5.41, 5.74) is 0. The molecule has 0 aliphatic rings. The van der Waals surface area contributed by atoms with Crippen molar-refractivity contribution in [2.75, 3.05) is 0 Å². The van der Waals surface area contributed by atoms with Crippen molar-refractivity contribution in [3.8, 4) is 0 Å². The molecule has 0 N–H and O–H groups in total. The van der Waals surface area contributed by atoms with Gasteiger partial charge in [-0.25, -0.2) is 0 Å². The molecule has 13 heavy (non-hydrogen) atoms. The molecule has 9 heteroatoms. The Morgan fingerprint density at radius 2 is 0.615 bits per heavy atom. The molecule has 0 rings (SSSR count). The molecule has 0 heterocycles. The third kappa shape index (κ3) is 18.0. The molecule has 0 radical (unpaired) electrons. The summed E-state index contributed by atoms with van der Waals surface area (Å²) >= 11 is 0. The van der Waals surface area contributed by atoms with Gasteiger partial charge in [0.25, 0.3) is 0 Å². The van der Waals surface area contributed by atoms with Crippen molar-refractivity contribution >= 4 is 23.9 Å². The quantitative estimate of drug-likeness (QED) is 0.310. The van der Waals surface area contributed by atoms with Gasteiger partial charge in [-0.1, -0.05) is 0 Å². The average Bonchev–Trinajstić information content (AvgIpc) is 1.88. The normalized spacial score (nSPS) is 6.77. The number of carbonyl (C=O) groups is 4. The summed E-state index contributed by atoms with van der Waals surface area (Å²) in [6, 6.07) is 0. The standard InChI is InChI=1S/2C2H2O4.Mo/c2*3-1(4)2(5)6;/h2*(H,3,4)(H,5,6);/q;;+4/p-4. The van der Waals surface area contributed by atoms with E-state index >= 15 is 0 Å². The maximum absolute atomic E-state index is 8.93. The van der Waals surface area contributed by atoms with Gasteiger partial charge in [0, 0.05) is 0 Å². The molecule has 0 aliphatic heterocycles. The average molecular weight is 272 g/mol. The maximum atomic E-state index is 8.93. The van der Waals surface area contributed by atoms with E-state index in [1.807, 2.05) is 0 Å². The van der Waals surface area contributed by atoms with E-state index < -0.39 is 23.9 Å². The molecule has 0 unspecified atom stereocenters. The van der Waals surface area contributed by atoms with Crippen molar-refractivity contribution in [3.05, 3.63) is 0 Å². The number of carbonyl (C=O) groups excluding carboxylic acids is 4. The summed E-state index contributed by atoms with van der Waals surface area (Å²) in [6.45, 7) is 0. The van der Waals surface area contributed by atoms with Crippen LogP contribution >= 0.6 is 0 Å². The Hall–Kier alpha value is -1.43. The van der Waals surface area contributed by atoms with E-state index in [4.69, 9.17) is 39.6 Å². The zero-order valence-corrected chi connectivity index (χ0v) is 7.68. The van der Waals surface area contributed by atoms with E-state index in [0.717, 1.165) is 0 Å². The minimum Gasteiger partial charge on any atom is -0.543 e. The zero-order chi connectivity index (χ0) is 10.3. The van der Waals surface area contributed by atoms with Crippen molar-refractivity contribution in [2.24, 2.45) is 0 Å². The first-order valence-corrected chi connectivity index (χ1v) is 2.13. The fourth-order valence-corrected chi connectivity index (χ4v) is 0. The molecule has 70 valence electrons. The number of hydrogen-bond acceptors (Lipinski definition) is 8. The minimum atomic E-state index is -2.19. The van der Waals surface area contributed by atoms with Crippen LogP contribution in [0.2, 0.25) is 0 Å². The molecule has 0 spiro atoms. The third-order valence-electron chi connectivity index (χ3n) is 0.333. The van der Waals surface area contributed by atoms with Gasteiger partial charge in [-0.2, -0.15) is 0 Å². The van der Waals surface area contributed by atoms with Crippen molar-refractivity contribution in [3.63, 3.8) is 0 Å². The van der Waals surface area contributed by atoms with Crippen LogP contribution in [0.15, 0.2) is 0 Å². The SMILES string of the molecule is O=C([O-])C(=O)[O-].O=C([O-])C(=O)[O-].[Mo+4]. The van der Waals surface area contributed by atoms with Crippen LogP contribution in [0.3, 0.4) is 0 Å². The first-order chi connectivity index (χ1) is 5.29. The molecule has 0 aliphatic carbocycles. The summed E-state index contributed by atoms with van der Waals surface area (Å²) in [6.07, 6.45) is 0. The van der Waals surface area contributed by atoms with E-state index in [1.54, 1.807) is 0 Å². The molecule has 0 aromatic heterocycles. The summed E-state index contributed by atoms with van der Waals surface area (Å²) in [4.78, 5) is 35.7. The van der Waals surface area contributed by atoms with Crippen LogP contribution < -0.4 is 20.4 Å². The topological polar surface area (TPSA) is 161 Å². The van der Waals surface area contributed by atoms with Crippen molar-refractivity contribution < 1.29 is 60.7 Å². The smallest absolute Gasteiger partial charge is 0.543 e. The second kappa shape index (κ2) is 8.66. The van der Waals surface area contributed by atoms with Gasteiger partial charge in [0.15, 0.2) is 0 Å². The van der Waals surface area contributed by atoms with Crippen molar-refractivity contribution in [2.45, 2.75) is 0 Å². The number of aliphatic carboxylic acids is 4. The number of hydrogen-bond donors (Lipinski definition) is 0. The predicted octanol–water partition coefficient (Wildman–Crippen LogP) is -7.03. The van der Waals surface area contributed by atoms with E-state index in [0.29, 0.717) is 0 Å². The van der Waals surface area contributed by atoms with Gasteiger partial charge in [-0.05, 0) is 0 Å². The van der Waals surface area contributed by atoms with Gasteiger partial charge in [-0.3, -0.25) is 0 Å². The van der Waals surface area contributed by atoms with Gasteiger partial charge in [0.2, 0.25) is 0 Å². The number of carboxylic acids is 4. The molecule has 0 bridgehead atoms. The Balaban J connectivity index is -0.000000143. The summed E-state index contributed by atoms with van der Waals surface area (Å²) in [7, 11) is 0. The van der Waals surface area contributed by atoms with Crippen molar-refractivity contribution in [1.82, 2.24) is 0 Å². The fourth-order valence-electron chi connectivity index (χ4n) is 0. The summed E-state index contributed by atoms with van der Waals surface area (Å²) in [5.74, 6) is -8.74. The molecule has 0 aromatic rings. The number of rotatable bonds is 0. The Morgan fingerprint density at radius 3 is 0.615 bits per heavy atom. The largest absolute Gasteiger partial charge is 4.00 e. The second-order valence-corrected chi connectivity index (χ2v) is 1.15.